The molecule has 192 valence electrons. The van der Waals surface area contributed by atoms with Gasteiger partial charge in [-0.05, 0) is 48.2 Å². The molecule has 0 saturated heterocycles. The number of hydrogen-bond donors (Lipinski definition) is 1. The molecule has 1 N–H and O–H groups in total. The van der Waals surface area contributed by atoms with Gasteiger partial charge in [-0.25, -0.2) is 5.01 Å². The van der Waals surface area contributed by atoms with Crippen molar-refractivity contribution >= 4 is 51.5 Å². The molecule has 2 heterocycles. The van der Waals surface area contributed by atoms with Crippen LogP contribution in [0.1, 0.15) is 12.5 Å². The summed E-state index contributed by atoms with van der Waals surface area (Å²) in [6.45, 7) is 1.47. The fraction of sp³-hybridized carbons (Fsp3) is 0.0667. The summed E-state index contributed by atoms with van der Waals surface area (Å²) >= 11 is 1.17. The van der Waals surface area contributed by atoms with E-state index in [0.29, 0.717) is 17.2 Å². The van der Waals surface area contributed by atoms with Crippen LogP contribution in [-0.2, 0) is 9.59 Å². The first-order chi connectivity index (χ1) is 19.1. The van der Waals surface area contributed by atoms with E-state index in [1.807, 2.05) is 126 Å². The molecule has 0 radical (unpaired) electrons. The van der Waals surface area contributed by atoms with Gasteiger partial charge in [0.1, 0.15) is 0 Å². The van der Waals surface area contributed by atoms with Crippen LogP contribution in [0.15, 0.2) is 132 Å². The number of amides is 2. The third kappa shape index (κ3) is 4.32. The minimum Gasteiger partial charge on any atom is -0.320 e. The predicted molar refractivity (Wildman–Crippen MR) is 156 cm³/mol. The maximum atomic E-state index is 13.6. The van der Waals surface area contributed by atoms with E-state index >= 15 is 0 Å². The van der Waals surface area contributed by atoms with Crippen LogP contribution >= 0.6 is 11.8 Å². The number of rotatable bonds is 5. The van der Waals surface area contributed by atoms with E-state index in [0.717, 1.165) is 11.3 Å². The van der Waals surface area contributed by atoms with Crippen molar-refractivity contribution in [2.24, 2.45) is 10.2 Å². The molecule has 8 nitrogen and oxygen atoms in total. The Kier molecular flexibility index (Phi) is 6.34. The standard InChI is InChI=1S/C30H24N6O2S/c1-22(37)35-30(34(25-18-10-4-11-19-25)27(32-35)23-14-6-2-7-15-23)36(26-20-12-5-13-21-26)33-29(39-30)28(38)31-24-16-8-3-9-17-24/h2-21H,1H3,(H,31,38). The van der Waals surface area contributed by atoms with Gasteiger partial charge < -0.3 is 5.32 Å². The number of nitrogens with zero attached hydrogens (tertiary/aromatic N) is 5. The monoisotopic (exact) mass is 532 g/mol. The lowest BCUT2D eigenvalue weighted by Crippen LogP contribution is -2.63. The Morgan fingerprint density at radius 2 is 1.26 bits per heavy atom. The molecule has 0 fully saturated rings. The highest BCUT2D eigenvalue weighted by Crippen LogP contribution is 2.51. The first-order valence-corrected chi connectivity index (χ1v) is 13.2. The number of para-hydroxylation sites is 3. The van der Waals surface area contributed by atoms with E-state index in [-0.39, 0.29) is 16.9 Å². The van der Waals surface area contributed by atoms with E-state index in [2.05, 4.69) is 5.32 Å². The number of hydrogen-bond acceptors (Lipinski definition) is 7. The van der Waals surface area contributed by atoms with Crippen molar-refractivity contribution in [1.29, 1.82) is 0 Å². The fourth-order valence-corrected chi connectivity index (χ4v) is 5.87. The molecule has 1 spiro atoms. The minimum absolute atomic E-state index is 0.194. The number of carbonyl (C=O) groups excluding carboxylic acids is 2. The zero-order valence-corrected chi connectivity index (χ0v) is 21.8. The van der Waals surface area contributed by atoms with E-state index in [4.69, 9.17) is 10.2 Å². The summed E-state index contributed by atoms with van der Waals surface area (Å²) in [6, 6.07) is 38.1. The predicted octanol–water partition coefficient (Wildman–Crippen LogP) is 5.53. The van der Waals surface area contributed by atoms with Crippen molar-refractivity contribution in [3.8, 4) is 0 Å². The molecule has 0 saturated carbocycles. The lowest BCUT2D eigenvalue weighted by atomic mass is 10.1. The van der Waals surface area contributed by atoms with Crippen LogP contribution in [0.25, 0.3) is 0 Å². The Morgan fingerprint density at radius 1 is 0.718 bits per heavy atom. The number of benzene rings is 4. The largest absolute Gasteiger partial charge is 0.320 e. The summed E-state index contributed by atoms with van der Waals surface area (Å²) in [4.78, 5) is 28.8. The maximum absolute atomic E-state index is 13.6. The van der Waals surface area contributed by atoms with Crippen LogP contribution in [0.3, 0.4) is 0 Å². The van der Waals surface area contributed by atoms with Gasteiger partial charge in [0.05, 0.1) is 5.69 Å². The van der Waals surface area contributed by atoms with E-state index in [9.17, 15) is 9.59 Å². The van der Waals surface area contributed by atoms with Crippen LogP contribution in [0, 0.1) is 0 Å². The maximum Gasteiger partial charge on any atom is 0.296 e. The van der Waals surface area contributed by atoms with Crippen molar-refractivity contribution < 1.29 is 9.59 Å². The lowest BCUT2D eigenvalue weighted by molar-refractivity contribution is -0.131. The lowest BCUT2D eigenvalue weighted by Gasteiger charge is -2.43. The van der Waals surface area contributed by atoms with Crippen LogP contribution in [0.5, 0.6) is 0 Å². The Morgan fingerprint density at radius 3 is 1.85 bits per heavy atom. The summed E-state index contributed by atoms with van der Waals surface area (Å²) in [5.41, 5.74) is 2.95. The molecule has 4 aromatic rings. The van der Waals surface area contributed by atoms with Crippen molar-refractivity contribution in [1.82, 2.24) is 5.01 Å². The number of hydrazone groups is 2. The van der Waals surface area contributed by atoms with Gasteiger partial charge in [0.2, 0.25) is 5.91 Å². The zero-order valence-electron chi connectivity index (χ0n) is 21.0. The molecule has 0 bridgehead atoms. The third-order valence-electron chi connectivity index (χ3n) is 6.25. The molecule has 2 aliphatic heterocycles. The highest BCUT2D eigenvalue weighted by Gasteiger charge is 2.62. The molecule has 2 amide bonds. The summed E-state index contributed by atoms with van der Waals surface area (Å²) < 4.78 is 0. The van der Waals surface area contributed by atoms with Gasteiger partial charge in [-0.15, -0.1) is 5.10 Å². The summed E-state index contributed by atoms with van der Waals surface area (Å²) in [6.07, 6.45) is 0. The quantitative estimate of drug-likeness (QED) is 0.365. The van der Waals surface area contributed by atoms with Gasteiger partial charge >= 0.3 is 0 Å². The molecular formula is C30H24N6O2S. The fourth-order valence-electron chi connectivity index (χ4n) is 4.57. The summed E-state index contributed by atoms with van der Waals surface area (Å²) in [5, 5.41) is 14.6. The average molecular weight is 533 g/mol. The van der Waals surface area contributed by atoms with Crippen molar-refractivity contribution in [2.45, 2.75) is 12.0 Å². The molecule has 0 aromatic heterocycles. The molecule has 6 rings (SSSR count). The Hall–Kier alpha value is -4.89. The van der Waals surface area contributed by atoms with E-state index in [1.165, 1.54) is 23.7 Å². The highest BCUT2D eigenvalue weighted by molar-refractivity contribution is 8.17. The Bertz CT molecular complexity index is 1560. The second kappa shape index (κ2) is 10.1. The van der Waals surface area contributed by atoms with Gasteiger partial charge in [-0.2, -0.15) is 10.1 Å². The molecule has 1 unspecified atom stereocenters. The van der Waals surface area contributed by atoms with Gasteiger partial charge in [0.15, 0.2) is 10.9 Å². The van der Waals surface area contributed by atoms with Crippen molar-refractivity contribution in [3.63, 3.8) is 0 Å². The number of anilines is 3. The van der Waals surface area contributed by atoms with Gasteiger partial charge in [-0.3, -0.25) is 14.5 Å². The van der Waals surface area contributed by atoms with Gasteiger partial charge in [-0.1, -0.05) is 84.9 Å². The smallest absolute Gasteiger partial charge is 0.296 e. The third-order valence-corrected chi connectivity index (χ3v) is 7.51. The summed E-state index contributed by atoms with van der Waals surface area (Å²) in [5.74, 6) is -0.116. The number of amidine groups is 1. The normalized spacial score (nSPS) is 18.2. The van der Waals surface area contributed by atoms with Crippen LogP contribution < -0.4 is 15.2 Å². The molecule has 9 heteroatoms. The minimum atomic E-state index is -1.36. The number of carbonyl (C=O) groups is 2. The first kappa shape index (κ1) is 24.4. The SMILES string of the molecule is CC(=O)N1N=C(c2ccccc2)N(c2ccccc2)C12SC(C(=O)Nc1ccccc1)=NN2c1ccccc1. The second-order valence-electron chi connectivity index (χ2n) is 8.84. The molecule has 39 heavy (non-hydrogen) atoms. The second-order valence-corrected chi connectivity index (χ2v) is 9.98. The Labute approximate surface area is 230 Å². The van der Waals surface area contributed by atoms with Crippen LogP contribution in [-0.4, -0.2) is 32.8 Å². The average Bonchev–Trinajstić information content (AvgIpc) is 3.54. The topological polar surface area (TPSA) is 80.6 Å². The number of thioether (sulfide) groups is 1. The van der Waals surface area contributed by atoms with Gasteiger partial charge in [0, 0.05) is 23.9 Å². The molecule has 1 atom stereocenters. The Balaban J connectivity index is 1.53. The summed E-state index contributed by atoms with van der Waals surface area (Å²) in [7, 11) is 0. The van der Waals surface area contributed by atoms with E-state index in [1.54, 1.807) is 5.01 Å². The molecule has 0 aliphatic carbocycles. The molecule has 2 aliphatic rings. The van der Waals surface area contributed by atoms with E-state index < -0.39 is 5.12 Å². The zero-order chi connectivity index (χ0) is 26.8. The van der Waals surface area contributed by atoms with Crippen molar-refractivity contribution in [2.75, 3.05) is 15.2 Å². The highest BCUT2D eigenvalue weighted by atomic mass is 32.2. The first-order valence-electron chi connectivity index (χ1n) is 12.4. The molecular weight excluding hydrogens is 508 g/mol. The van der Waals surface area contributed by atoms with Crippen molar-refractivity contribution in [3.05, 3.63) is 127 Å². The van der Waals surface area contributed by atoms with Gasteiger partial charge in [0.25, 0.3) is 11.0 Å². The van der Waals surface area contributed by atoms with Crippen LogP contribution in [0.4, 0.5) is 17.1 Å². The van der Waals surface area contributed by atoms with Crippen LogP contribution in [0.2, 0.25) is 0 Å². The number of nitrogens with one attached hydrogen (secondary N) is 1. The molecule has 4 aromatic carbocycles.